The molecule has 0 amide bonds. The normalized spacial score (nSPS) is 11.1. The minimum atomic E-state index is -4.17. The van der Waals surface area contributed by atoms with E-state index < -0.39 is 10.0 Å². The van der Waals surface area contributed by atoms with Gasteiger partial charge >= 0.3 is 0 Å². The van der Waals surface area contributed by atoms with Crippen molar-refractivity contribution in [2.24, 2.45) is 0 Å². The zero-order valence-corrected chi connectivity index (χ0v) is 19.9. The summed E-state index contributed by atoms with van der Waals surface area (Å²) >= 11 is 0. The largest absolute Gasteiger partial charge is 0.493 e. The first-order valence-electron chi connectivity index (χ1n) is 10.3. The molecule has 35 heavy (non-hydrogen) atoms. The number of nitrogens with one attached hydrogen (secondary N) is 1. The first-order valence-corrected chi connectivity index (χ1v) is 11.8. The Morgan fingerprint density at radius 3 is 2.31 bits per heavy atom. The van der Waals surface area contributed by atoms with E-state index in [1.54, 1.807) is 49.4 Å². The van der Waals surface area contributed by atoms with Gasteiger partial charge in [0.15, 0.2) is 33.9 Å². The SMILES string of the molecule is COc1ccccc1Oc1c(NS(=O)(=O)c2ccc(C)cn2)nc(-c2cccc([O])c2)nc1OC. The standard InChI is InChI=1S/C24H21N4O6S/c1-15-11-12-20(25-14-15)35(30,31)28-23-21(34-19-10-5-4-9-18(19)32-2)24(33-3)27-22(26-23)16-7-6-8-17(29)13-16/h4-14H,1-3H3,(H,26,27,28). The number of nitrogens with zero attached hydrogens (tertiary/aromatic N) is 3. The fourth-order valence-corrected chi connectivity index (χ4v) is 4.04. The molecule has 0 fully saturated rings. The first-order chi connectivity index (χ1) is 16.8. The third-order valence-corrected chi connectivity index (χ3v) is 6.05. The van der Waals surface area contributed by atoms with Crippen molar-refractivity contribution in [2.75, 3.05) is 18.9 Å². The molecule has 0 unspecified atom stereocenters. The molecule has 0 saturated heterocycles. The number of benzene rings is 2. The molecule has 11 heteroatoms. The fourth-order valence-electron chi connectivity index (χ4n) is 3.10. The van der Waals surface area contributed by atoms with Gasteiger partial charge in [0.05, 0.1) is 14.2 Å². The molecule has 2 heterocycles. The molecule has 4 rings (SSSR count). The van der Waals surface area contributed by atoms with Crippen LogP contribution in [0, 0.1) is 6.92 Å². The molecule has 4 aromatic rings. The quantitative estimate of drug-likeness (QED) is 0.377. The lowest BCUT2D eigenvalue weighted by Gasteiger charge is -2.17. The van der Waals surface area contributed by atoms with E-state index >= 15 is 0 Å². The van der Waals surface area contributed by atoms with Crippen LogP contribution in [0.25, 0.3) is 11.4 Å². The van der Waals surface area contributed by atoms with Crippen LogP contribution >= 0.6 is 0 Å². The van der Waals surface area contributed by atoms with E-state index in [9.17, 15) is 13.5 Å². The average Bonchev–Trinajstić information content (AvgIpc) is 2.85. The highest BCUT2D eigenvalue weighted by atomic mass is 32.2. The molecule has 0 bridgehead atoms. The van der Waals surface area contributed by atoms with Crippen LogP contribution in [0.15, 0.2) is 71.9 Å². The Kier molecular flexibility index (Phi) is 6.69. The van der Waals surface area contributed by atoms with E-state index in [0.717, 1.165) is 5.56 Å². The Bertz CT molecular complexity index is 1460. The van der Waals surface area contributed by atoms with Crippen molar-refractivity contribution in [3.63, 3.8) is 0 Å². The van der Waals surface area contributed by atoms with Gasteiger partial charge < -0.3 is 14.2 Å². The molecule has 0 saturated carbocycles. The van der Waals surface area contributed by atoms with Crippen molar-refractivity contribution in [1.82, 2.24) is 15.0 Å². The summed E-state index contributed by atoms with van der Waals surface area (Å²) in [5.41, 5.74) is 1.17. The molecule has 2 aromatic heterocycles. The van der Waals surface area contributed by atoms with Crippen molar-refractivity contribution in [3.05, 3.63) is 72.4 Å². The predicted octanol–water partition coefficient (Wildman–Crippen LogP) is 4.60. The zero-order chi connectivity index (χ0) is 25.0. The molecular weight excluding hydrogens is 472 g/mol. The Morgan fingerprint density at radius 1 is 0.886 bits per heavy atom. The van der Waals surface area contributed by atoms with Crippen LogP contribution < -0.4 is 18.9 Å². The molecule has 2 aromatic carbocycles. The van der Waals surface area contributed by atoms with Crippen LogP contribution in [0.2, 0.25) is 0 Å². The number of ether oxygens (including phenoxy) is 3. The number of para-hydroxylation sites is 2. The van der Waals surface area contributed by atoms with Gasteiger partial charge in [0.2, 0.25) is 5.75 Å². The summed E-state index contributed by atoms with van der Waals surface area (Å²) in [4.78, 5) is 12.7. The molecule has 0 spiro atoms. The molecule has 0 atom stereocenters. The topological polar surface area (TPSA) is 132 Å². The monoisotopic (exact) mass is 493 g/mol. The van der Waals surface area contributed by atoms with E-state index in [0.29, 0.717) is 11.3 Å². The highest BCUT2D eigenvalue weighted by Crippen LogP contribution is 2.41. The van der Waals surface area contributed by atoms with Gasteiger partial charge in [0.1, 0.15) is 0 Å². The molecular formula is C24H21N4O6S. The molecule has 179 valence electrons. The third kappa shape index (κ3) is 5.25. The lowest BCUT2D eigenvalue weighted by atomic mass is 10.2. The number of hydrogen-bond donors (Lipinski definition) is 1. The minimum absolute atomic E-state index is 0.0569. The van der Waals surface area contributed by atoms with E-state index in [2.05, 4.69) is 19.7 Å². The van der Waals surface area contributed by atoms with E-state index in [1.807, 2.05) is 0 Å². The number of anilines is 1. The summed E-state index contributed by atoms with van der Waals surface area (Å²) < 4.78 is 45.4. The smallest absolute Gasteiger partial charge is 0.280 e. The lowest BCUT2D eigenvalue weighted by Crippen LogP contribution is -2.17. The van der Waals surface area contributed by atoms with Gasteiger partial charge in [-0.3, -0.25) is 9.83 Å². The van der Waals surface area contributed by atoms with Gasteiger partial charge in [-0.05, 0) is 42.8 Å². The number of aryl methyl sites for hydroxylation is 1. The zero-order valence-electron chi connectivity index (χ0n) is 19.1. The molecule has 0 aliphatic heterocycles. The maximum absolute atomic E-state index is 13.1. The maximum Gasteiger partial charge on any atom is 0.280 e. The van der Waals surface area contributed by atoms with Gasteiger partial charge in [-0.25, -0.2) is 9.97 Å². The molecule has 10 nitrogen and oxygen atoms in total. The second-order valence-electron chi connectivity index (χ2n) is 7.29. The minimum Gasteiger partial charge on any atom is -0.493 e. The lowest BCUT2D eigenvalue weighted by molar-refractivity contribution is 0.347. The number of sulfonamides is 1. The van der Waals surface area contributed by atoms with Crippen LogP contribution in [0.5, 0.6) is 28.9 Å². The number of rotatable bonds is 8. The molecule has 0 aliphatic carbocycles. The summed E-state index contributed by atoms with van der Waals surface area (Å²) in [6.07, 6.45) is 1.44. The average molecular weight is 494 g/mol. The predicted molar refractivity (Wildman–Crippen MR) is 127 cm³/mol. The summed E-state index contributed by atoms with van der Waals surface area (Å²) in [5, 5.41) is 11.7. The Hall–Kier alpha value is -4.38. The van der Waals surface area contributed by atoms with Crippen LogP contribution in [0.3, 0.4) is 0 Å². The number of methoxy groups -OCH3 is 2. The van der Waals surface area contributed by atoms with Gasteiger partial charge in [0, 0.05) is 11.8 Å². The Labute approximate surface area is 202 Å². The second kappa shape index (κ2) is 9.85. The highest BCUT2D eigenvalue weighted by molar-refractivity contribution is 7.92. The van der Waals surface area contributed by atoms with Crippen molar-refractivity contribution >= 4 is 15.8 Å². The number of aromatic nitrogens is 3. The van der Waals surface area contributed by atoms with Crippen LogP contribution in [-0.2, 0) is 15.1 Å². The fraction of sp³-hybridized carbons (Fsp3) is 0.125. The van der Waals surface area contributed by atoms with Crippen LogP contribution in [0.4, 0.5) is 5.82 Å². The number of hydrogen-bond acceptors (Lipinski definition) is 8. The Balaban J connectivity index is 1.87. The second-order valence-corrected chi connectivity index (χ2v) is 8.92. The van der Waals surface area contributed by atoms with Gasteiger partial charge in [-0.15, -0.1) is 0 Å². The summed E-state index contributed by atoms with van der Waals surface area (Å²) in [6.45, 7) is 1.79. The van der Waals surface area contributed by atoms with Crippen molar-refractivity contribution in [3.8, 4) is 40.3 Å². The van der Waals surface area contributed by atoms with E-state index in [1.165, 1.54) is 38.6 Å². The van der Waals surface area contributed by atoms with Crippen LogP contribution in [0.1, 0.15) is 5.56 Å². The molecule has 1 N–H and O–H groups in total. The van der Waals surface area contributed by atoms with E-state index in [-0.39, 0.29) is 39.8 Å². The van der Waals surface area contributed by atoms with Gasteiger partial charge in [-0.2, -0.15) is 13.4 Å². The first kappa shape index (κ1) is 23.8. The van der Waals surface area contributed by atoms with Crippen molar-refractivity contribution in [1.29, 1.82) is 0 Å². The third-order valence-electron chi connectivity index (χ3n) is 4.79. The molecule has 1 radical (unpaired) electrons. The summed E-state index contributed by atoms with van der Waals surface area (Å²) in [6, 6.07) is 15.7. The van der Waals surface area contributed by atoms with Crippen LogP contribution in [-0.4, -0.2) is 37.6 Å². The van der Waals surface area contributed by atoms with Gasteiger partial charge in [-0.1, -0.05) is 30.3 Å². The Morgan fingerprint density at radius 2 is 1.66 bits per heavy atom. The maximum atomic E-state index is 13.1. The van der Waals surface area contributed by atoms with E-state index in [4.69, 9.17) is 14.2 Å². The number of pyridine rings is 1. The highest BCUT2D eigenvalue weighted by Gasteiger charge is 2.25. The van der Waals surface area contributed by atoms with Crippen molar-refractivity contribution in [2.45, 2.75) is 11.9 Å². The van der Waals surface area contributed by atoms with Gasteiger partial charge in [0.25, 0.3) is 15.9 Å². The summed E-state index contributed by atoms with van der Waals surface area (Å²) in [7, 11) is -1.35. The molecule has 0 aliphatic rings. The van der Waals surface area contributed by atoms with Crippen molar-refractivity contribution < 1.29 is 27.7 Å². The summed E-state index contributed by atoms with van der Waals surface area (Å²) in [5.74, 6) is 0.0941.